The Morgan fingerprint density at radius 1 is 1.22 bits per heavy atom. The molecule has 0 radical (unpaired) electrons. The molecule has 1 heterocycles. The zero-order valence-corrected chi connectivity index (χ0v) is 19.6. The summed E-state index contributed by atoms with van der Waals surface area (Å²) in [6.45, 7) is 7.05. The lowest BCUT2D eigenvalue weighted by Gasteiger charge is -2.24. The molecule has 0 bridgehead atoms. The van der Waals surface area contributed by atoms with E-state index in [1.54, 1.807) is 25.1 Å². The van der Waals surface area contributed by atoms with E-state index >= 15 is 0 Å². The molecule has 2 aromatic rings. The van der Waals surface area contributed by atoms with Crippen LogP contribution in [0, 0.1) is 12.8 Å². The van der Waals surface area contributed by atoms with Crippen LogP contribution < -0.4 is 13.7 Å². The summed E-state index contributed by atoms with van der Waals surface area (Å²) in [6.07, 6.45) is -0.378. The number of esters is 1. The molecule has 0 fully saturated rings. The van der Waals surface area contributed by atoms with Crippen molar-refractivity contribution in [2.75, 3.05) is 12.9 Å². The number of hydrogen-bond acceptors (Lipinski definition) is 8. The van der Waals surface area contributed by atoms with E-state index in [1.165, 1.54) is 20.1 Å². The Balaban J connectivity index is 2.16. The fourth-order valence-corrected chi connectivity index (χ4v) is 4.05. The molecule has 0 spiro atoms. The van der Waals surface area contributed by atoms with Gasteiger partial charge in [-0.1, -0.05) is 13.8 Å². The second-order valence-electron chi connectivity index (χ2n) is 8.07. The summed E-state index contributed by atoms with van der Waals surface area (Å²) in [4.78, 5) is 12.9. The Hall–Kier alpha value is -2.78. The largest absolute Gasteiger partial charge is 0.495 e. The molecule has 1 N–H and O–H groups in total. The highest BCUT2D eigenvalue weighted by molar-refractivity contribution is 7.87. The molecule has 174 valence electrons. The summed E-state index contributed by atoms with van der Waals surface area (Å²) in [5, 5.41) is 10.6. The first-order chi connectivity index (χ1) is 15.1. The Morgan fingerprint density at radius 2 is 1.94 bits per heavy atom. The van der Waals surface area contributed by atoms with Crippen LogP contribution in [0.25, 0.3) is 0 Å². The van der Waals surface area contributed by atoms with E-state index in [1.807, 2.05) is 13.8 Å². The van der Waals surface area contributed by atoms with Crippen LogP contribution in [0.2, 0.25) is 0 Å². The van der Waals surface area contributed by atoms with Gasteiger partial charge in [0.1, 0.15) is 23.7 Å². The topological polar surface area (TPSA) is 108 Å². The van der Waals surface area contributed by atoms with Gasteiger partial charge in [-0.3, -0.25) is 0 Å². The van der Waals surface area contributed by atoms with Gasteiger partial charge >= 0.3 is 16.1 Å². The third kappa shape index (κ3) is 4.99. The minimum Gasteiger partial charge on any atom is -0.495 e. The zero-order valence-electron chi connectivity index (χ0n) is 18.8. The number of aliphatic hydroxyl groups excluding tert-OH is 1. The molecule has 1 aliphatic heterocycles. The van der Waals surface area contributed by atoms with Crippen molar-refractivity contribution in [2.45, 2.75) is 46.8 Å². The van der Waals surface area contributed by atoms with Crippen LogP contribution in [0.15, 0.2) is 24.3 Å². The number of carbonyl (C=O) groups excluding carboxylic acids is 1. The normalized spacial score (nSPS) is 14.4. The number of methoxy groups -OCH3 is 1. The molecular formula is C23H28O8S. The first-order valence-electron chi connectivity index (χ1n) is 10.4. The van der Waals surface area contributed by atoms with E-state index in [-0.39, 0.29) is 46.8 Å². The predicted octanol–water partition coefficient (Wildman–Crippen LogP) is 4.27. The highest BCUT2D eigenvalue weighted by atomic mass is 32.2. The highest BCUT2D eigenvalue weighted by Crippen LogP contribution is 2.44. The SMILES string of the molecule is CCS(=O)(=O)Oc1cc(C)cc2c1Oc1ccc([C@@H](O)CC(C)C)c(OC)c1C(=O)OC2. The van der Waals surface area contributed by atoms with Gasteiger partial charge in [0.2, 0.25) is 0 Å². The number of hydrogen-bond donors (Lipinski definition) is 1. The van der Waals surface area contributed by atoms with E-state index in [0.29, 0.717) is 17.5 Å². The number of rotatable bonds is 7. The molecule has 1 atom stereocenters. The van der Waals surface area contributed by atoms with E-state index < -0.39 is 22.2 Å². The molecule has 2 aromatic carbocycles. The number of cyclic esters (lactones) is 1. The molecule has 9 heteroatoms. The second kappa shape index (κ2) is 9.38. The van der Waals surface area contributed by atoms with Gasteiger partial charge in [0.05, 0.1) is 19.0 Å². The summed E-state index contributed by atoms with van der Waals surface area (Å²) in [5.74, 6) is -0.267. The number of benzene rings is 2. The van der Waals surface area contributed by atoms with Crippen LogP contribution in [0.3, 0.4) is 0 Å². The van der Waals surface area contributed by atoms with Crippen molar-refractivity contribution in [3.63, 3.8) is 0 Å². The summed E-state index contributed by atoms with van der Waals surface area (Å²) in [5.41, 5.74) is 1.64. The Bertz CT molecular complexity index is 1120. The first kappa shape index (κ1) is 23.9. The monoisotopic (exact) mass is 464 g/mol. The van der Waals surface area contributed by atoms with Gasteiger partial charge < -0.3 is 23.5 Å². The Morgan fingerprint density at radius 3 is 2.56 bits per heavy atom. The van der Waals surface area contributed by atoms with E-state index in [4.69, 9.17) is 18.4 Å². The zero-order chi connectivity index (χ0) is 23.6. The van der Waals surface area contributed by atoms with Gasteiger partial charge in [0.25, 0.3) is 0 Å². The number of fused-ring (bicyclic) bond motifs is 2. The molecule has 0 aliphatic carbocycles. The van der Waals surface area contributed by atoms with Gasteiger partial charge in [0, 0.05) is 11.1 Å². The van der Waals surface area contributed by atoms with Crippen molar-refractivity contribution in [1.29, 1.82) is 0 Å². The fraction of sp³-hybridized carbons (Fsp3) is 0.435. The molecule has 3 rings (SSSR count). The van der Waals surface area contributed by atoms with Crippen LogP contribution in [0.1, 0.15) is 60.3 Å². The average molecular weight is 465 g/mol. The maximum atomic E-state index is 12.9. The molecule has 1 aliphatic rings. The molecule has 8 nitrogen and oxygen atoms in total. The van der Waals surface area contributed by atoms with Gasteiger partial charge in [0.15, 0.2) is 11.5 Å². The Kier molecular flexibility index (Phi) is 7.00. The lowest BCUT2D eigenvalue weighted by molar-refractivity contribution is 0.0454. The number of aryl methyl sites for hydroxylation is 1. The van der Waals surface area contributed by atoms with Crippen molar-refractivity contribution in [3.05, 3.63) is 46.5 Å². The third-order valence-corrected chi connectivity index (χ3v) is 6.17. The summed E-state index contributed by atoms with van der Waals surface area (Å²) < 4.78 is 46.5. The number of aliphatic hydroxyl groups is 1. The van der Waals surface area contributed by atoms with E-state index in [9.17, 15) is 18.3 Å². The molecule has 0 aromatic heterocycles. The van der Waals surface area contributed by atoms with Crippen LogP contribution >= 0.6 is 0 Å². The lowest BCUT2D eigenvalue weighted by Crippen LogP contribution is -2.16. The fourth-order valence-electron chi connectivity index (χ4n) is 3.53. The minimum absolute atomic E-state index is 0.00800. The molecule has 0 unspecified atom stereocenters. The summed E-state index contributed by atoms with van der Waals surface area (Å²) in [6, 6.07) is 6.44. The smallest absolute Gasteiger partial charge is 0.346 e. The standard InChI is InChI=1S/C23H28O8S/c1-6-32(26,27)31-19-11-14(4)10-15-12-29-23(25)20-18(30-21(15)19)8-7-16(22(20)28-5)17(24)9-13(2)3/h7-8,10-11,13,17,24H,6,9,12H2,1-5H3/t17-/m0/s1. The van der Waals surface area contributed by atoms with Gasteiger partial charge in [-0.25, -0.2) is 4.79 Å². The molecular weight excluding hydrogens is 436 g/mol. The predicted molar refractivity (Wildman–Crippen MR) is 118 cm³/mol. The lowest BCUT2D eigenvalue weighted by atomic mass is 9.96. The van der Waals surface area contributed by atoms with E-state index in [0.717, 1.165) is 5.56 Å². The summed E-state index contributed by atoms with van der Waals surface area (Å²) in [7, 11) is -2.42. The van der Waals surface area contributed by atoms with Crippen molar-refractivity contribution < 1.29 is 36.7 Å². The Labute approximate surface area is 188 Å². The van der Waals surface area contributed by atoms with Gasteiger partial charge in [-0.2, -0.15) is 8.42 Å². The first-order valence-corrected chi connectivity index (χ1v) is 11.9. The van der Waals surface area contributed by atoms with E-state index in [2.05, 4.69) is 0 Å². The van der Waals surface area contributed by atoms with Crippen LogP contribution in [0.4, 0.5) is 0 Å². The maximum absolute atomic E-state index is 12.9. The van der Waals surface area contributed by atoms with Crippen molar-refractivity contribution >= 4 is 16.1 Å². The summed E-state index contributed by atoms with van der Waals surface area (Å²) >= 11 is 0. The van der Waals surface area contributed by atoms with Gasteiger partial charge in [-0.15, -0.1) is 0 Å². The van der Waals surface area contributed by atoms with Crippen LogP contribution in [0.5, 0.6) is 23.0 Å². The minimum atomic E-state index is -3.82. The number of carbonyl (C=O) groups is 1. The van der Waals surface area contributed by atoms with Crippen LogP contribution in [-0.2, 0) is 21.5 Å². The average Bonchev–Trinajstić information content (AvgIpc) is 2.71. The van der Waals surface area contributed by atoms with Crippen LogP contribution in [-0.4, -0.2) is 32.4 Å². The quantitative estimate of drug-likeness (QED) is 0.478. The third-order valence-electron chi connectivity index (χ3n) is 5.03. The molecule has 0 amide bonds. The molecule has 32 heavy (non-hydrogen) atoms. The van der Waals surface area contributed by atoms with Crippen molar-refractivity contribution in [1.82, 2.24) is 0 Å². The van der Waals surface area contributed by atoms with Crippen molar-refractivity contribution in [3.8, 4) is 23.0 Å². The van der Waals surface area contributed by atoms with Crippen molar-refractivity contribution in [2.24, 2.45) is 5.92 Å². The highest BCUT2D eigenvalue weighted by Gasteiger charge is 2.30. The molecule has 0 saturated heterocycles. The van der Waals surface area contributed by atoms with Gasteiger partial charge in [-0.05, 0) is 56.0 Å². The maximum Gasteiger partial charge on any atom is 0.346 e. The molecule has 0 saturated carbocycles. The number of ether oxygens (including phenoxy) is 3. The second-order valence-corrected chi connectivity index (χ2v) is 9.93.